The molecule has 9 heteroatoms. The maximum Gasteiger partial charge on any atom is 0.410 e. The summed E-state index contributed by atoms with van der Waals surface area (Å²) in [7, 11) is 1.78. The van der Waals surface area contributed by atoms with Crippen molar-refractivity contribution in [1.29, 1.82) is 0 Å². The highest BCUT2D eigenvalue weighted by molar-refractivity contribution is 6.04. The maximum atomic E-state index is 12.9. The predicted octanol–water partition coefficient (Wildman–Crippen LogP) is 3.14. The lowest BCUT2D eigenvalue weighted by atomic mass is 10.0. The van der Waals surface area contributed by atoms with Gasteiger partial charge in [0.05, 0.1) is 18.7 Å². The van der Waals surface area contributed by atoms with Crippen molar-refractivity contribution in [2.24, 2.45) is 7.05 Å². The molecular weight excluding hydrogens is 400 g/mol. The van der Waals surface area contributed by atoms with Crippen LogP contribution in [-0.4, -0.2) is 51.4 Å². The number of aromatic nitrogens is 2. The molecule has 9 nitrogen and oxygen atoms in total. The topological polar surface area (TPSA) is 103 Å². The summed E-state index contributed by atoms with van der Waals surface area (Å²) in [5.41, 5.74) is 2.23. The molecule has 0 unspecified atom stereocenters. The number of ether oxygens (including phenoxy) is 2. The van der Waals surface area contributed by atoms with E-state index < -0.39 is 17.7 Å². The number of carbonyl (C=O) groups is 3. The fraction of sp³-hybridized carbons (Fsp3) is 0.455. The third-order valence-electron chi connectivity index (χ3n) is 4.76. The molecule has 0 saturated carbocycles. The highest BCUT2D eigenvalue weighted by Crippen LogP contribution is 2.24. The first-order valence-corrected chi connectivity index (χ1v) is 10.2. The van der Waals surface area contributed by atoms with Crippen molar-refractivity contribution in [1.82, 2.24) is 14.7 Å². The second-order valence-corrected chi connectivity index (χ2v) is 8.30. The Morgan fingerprint density at radius 1 is 1.16 bits per heavy atom. The largest absolute Gasteiger partial charge is 0.462 e. The molecule has 2 aromatic rings. The molecule has 0 fully saturated rings. The van der Waals surface area contributed by atoms with Crippen LogP contribution in [0.3, 0.4) is 0 Å². The molecule has 1 N–H and O–H groups in total. The molecule has 166 valence electrons. The number of rotatable bonds is 4. The molecule has 1 aromatic carbocycles. The number of nitrogens with zero attached hydrogens (tertiary/aromatic N) is 3. The molecule has 2 amide bonds. The van der Waals surface area contributed by atoms with Gasteiger partial charge in [-0.05, 0) is 52.0 Å². The van der Waals surface area contributed by atoms with Crippen molar-refractivity contribution in [3.63, 3.8) is 0 Å². The standard InChI is InChI=1S/C22H28N4O5/c1-6-30-20(28)14-7-9-15(10-8-14)23-19(27)18-16-13-26(21(29)31-22(2,3)4)12-11-17(16)25(5)24-18/h7-10H,6,11-13H2,1-5H3,(H,23,27). The Kier molecular flexibility index (Phi) is 6.33. The first-order chi connectivity index (χ1) is 14.6. The predicted molar refractivity (Wildman–Crippen MR) is 114 cm³/mol. The summed E-state index contributed by atoms with van der Waals surface area (Å²) in [4.78, 5) is 38.7. The van der Waals surface area contributed by atoms with Crippen LogP contribution in [0.2, 0.25) is 0 Å². The molecule has 1 aliphatic rings. The number of nitrogens with one attached hydrogen (secondary N) is 1. The number of aryl methyl sites for hydroxylation is 1. The molecule has 0 radical (unpaired) electrons. The van der Waals surface area contributed by atoms with Crippen LogP contribution in [0.1, 0.15) is 59.8 Å². The van der Waals surface area contributed by atoms with Gasteiger partial charge < -0.3 is 19.7 Å². The van der Waals surface area contributed by atoms with Crippen LogP contribution in [0.15, 0.2) is 24.3 Å². The van der Waals surface area contributed by atoms with E-state index in [4.69, 9.17) is 9.47 Å². The number of esters is 1. The van der Waals surface area contributed by atoms with Crippen molar-refractivity contribution in [3.8, 4) is 0 Å². The summed E-state index contributed by atoms with van der Waals surface area (Å²) < 4.78 is 12.1. The van der Waals surface area contributed by atoms with E-state index in [0.29, 0.717) is 36.4 Å². The van der Waals surface area contributed by atoms with Crippen LogP contribution in [-0.2, 0) is 29.5 Å². The minimum atomic E-state index is -0.595. The summed E-state index contributed by atoms with van der Waals surface area (Å²) in [6, 6.07) is 6.44. The van der Waals surface area contributed by atoms with E-state index in [2.05, 4.69) is 10.4 Å². The van der Waals surface area contributed by atoms with Gasteiger partial charge in [0.25, 0.3) is 5.91 Å². The van der Waals surface area contributed by atoms with Crippen LogP contribution in [0, 0.1) is 0 Å². The third-order valence-corrected chi connectivity index (χ3v) is 4.76. The van der Waals surface area contributed by atoms with Crippen molar-refractivity contribution in [2.75, 3.05) is 18.5 Å². The van der Waals surface area contributed by atoms with Crippen LogP contribution in [0.5, 0.6) is 0 Å². The Labute approximate surface area is 181 Å². The quantitative estimate of drug-likeness (QED) is 0.751. The molecule has 0 aliphatic carbocycles. The molecule has 31 heavy (non-hydrogen) atoms. The van der Waals surface area contributed by atoms with Gasteiger partial charge in [-0.1, -0.05) is 0 Å². The summed E-state index contributed by atoms with van der Waals surface area (Å²) in [6.45, 7) is 8.23. The monoisotopic (exact) mass is 428 g/mol. The average molecular weight is 428 g/mol. The van der Waals surface area contributed by atoms with Gasteiger partial charge in [0.1, 0.15) is 5.60 Å². The number of hydrogen-bond donors (Lipinski definition) is 1. The maximum absolute atomic E-state index is 12.9. The molecule has 0 spiro atoms. The zero-order chi connectivity index (χ0) is 22.8. The Morgan fingerprint density at radius 3 is 2.45 bits per heavy atom. The summed E-state index contributed by atoms with van der Waals surface area (Å²) in [5, 5.41) is 7.18. The third kappa shape index (κ3) is 5.22. The SMILES string of the molecule is CCOC(=O)c1ccc(NC(=O)c2nn(C)c3c2CN(C(=O)OC(C)(C)C)CC3)cc1. The second kappa shape index (κ2) is 8.79. The lowest BCUT2D eigenvalue weighted by molar-refractivity contribution is 0.0221. The van der Waals surface area contributed by atoms with Gasteiger partial charge in [-0.3, -0.25) is 9.48 Å². The van der Waals surface area contributed by atoms with Crippen LogP contribution >= 0.6 is 0 Å². The van der Waals surface area contributed by atoms with E-state index in [9.17, 15) is 14.4 Å². The highest BCUT2D eigenvalue weighted by Gasteiger charge is 2.31. The van der Waals surface area contributed by atoms with E-state index in [0.717, 1.165) is 5.69 Å². The number of fused-ring (bicyclic) bond motifs is 1. The number of hydrogen-bond acceptors (Lipinski definition) is 6. The zero-order valence-electron chi connectivity index (χ0n) is 18.5. The van der Waals surface area contributed by atoms with Crippen molar-refractivity contribution >= 4 is 23.7 Å². The normalized spacial score (nSPS) is 13.4. The van der Waals surface area contributed by atoms with Crippen molar-refractivity contribution < 1.29 is 23.9 Å². The Hall–Kier alpha value is -3.36. The molecule has 2 heterocycles. The lowest BCUT2D eigenvalue weighted by Crippen LogP contribution is -2.40. The average Bonchev–Trinajstić information content (AvgIpc) is 3.03. The molecular formula is C22H28N4O5. The van der Waals surface area contributed by atoms with Crippen LogP contribution in [0.4, 0.5) is 10.5 Å². The first kappa shape index (κ1) is 22.3. The minimum Gasteiger partial charge on any atom is -0.462 e. The van der Waals surface area contributed by atoms with E-state index in [1.54, 1.807) is 47.8 Å². The van der Waals surface area contributed by atoms with Crippen LogP contribution in [0.25, 0.3) is 0 Å². The molecule has 3 rings (SSSR count). The summed E-state index contributed by atoms with van der Waals surface area (Å²) in [5.74, 6) is -0.798. The van der Waals surface area contributed by atoms with Gasteiger partial charge in [-0.2, -0.15) is 5.10 Å². The first-order valence-electron chi connectivity index (χ1n) is 10.2. The van der Waals surface area contributed by atoms with E-state index in [1.165, 1.54) is 0 Å². The molecule has 1 aliphatic heterocycles. The van der Waals surface area contributed by atoms with Crippen LogP contribution < -0.4 is 5.32 Å². The van der Waals surface area contributed by atoms with Crippen molar-refractivity contribution in [2.45, 2.75) is 46.3 Å². The number of amides is 2. The smallest absolute Gasteiger partial charge is 0.410 e. The Bertz CT molecular complexity index is 989. The molecule has 0 atom stereocenters. The van der Waals surface area contributed by atoms with Gasteiger partial charge in [0, 0.05) is 37.0 Å². The summed E-state index contributed by atoms with van der Waals surface area (Å²) in [6.07, 6.45) is 0.169. The molecule has 1 aromatic heterocycles. The number of anilines is 1. The van der Waals surface area contributed by atoms with Gasteiger partial charge in [0.15, 0.2) is 5.69 Å². The van der Waals surface area contributed by atoms with Crippen molar-refractivity contribution in [3.05, 3.63) is 46.8 Å². The van der Waals surface area contributed by atoms with E-state index in [1.807, 2.05) is 20.8 Å². The van der Waals surface area contributed by atoms with Gasteiger partial charge >= 0.3 is 12.1 Å². The zero-order valence-corrected chi connectivity index (χ0v) is 18.5. The highest BCUT2D eigenvalue weighted by atomic mass is 16.6. The summed E-state index contributed by atoms with van der Waals surface area (Å²) >= 11 is 0. The minimum absolute atomic E-state index is 0.253. The lowest BCUT2D eigenvalue weighted by Gasteiger charge is -2.30. The number of carbonyl (C=O) groups excluding carboxylic acids is 3. The van der Waals surface area contributed by atoms with E-state index >= 15 is 0 Å². The van der Waals surface area contributed by atoms with Gasteiger partial charge in [-0.15, -0.1) is 0 Å². The Balaban J connectivity index is 1.75. The number of benzene rings is 1. The van der Waals surface area contributed by atoms with Gasteiger partial charge in [0.2, 0.25) is 0 Å². The molecule has 0 saturated heterocycles. The molecule has 0 bridgehead atoms. The van der Waals surface area contributed by atoms with Gasteiger partial charge in [-0.25, -0.2) is 9.59 Å². The van der Waals surface area contributed by atoms with E-state index in [-0.39, 0.29) is 18.1 Å². The second-order valence-electron chi connectivity index (χ2n) is 8.30. The Morgan fingerprint density at radius 2 is 1.84 bits per heavy atom. The fourth-order valence-corrected chi connectivity index (χ4v) is 3.35. The fourth-order valence-electron chi connectivity index (χ4n) is 3.35.